The molecule has 0 spiro atoms. The predicted molar refractivity (Wildman–Crippen MR) is 147 cm³/mol. The van der Waals surface area contributed by atoms with E-state index in [1.807, 2.05) is 48.5 Å². The average molecular weight is 516 g/mol. The van der Waals surface area contributed by atoms with E-state index in [0.717, 1.165) is 21.7 Å². The van der Waals surface area contributed by atoms with Crippen molar-refractivity contribution >= 4 is 28.3 Å². The largest absolute Gasteiger partial charge is 0.493 e. The third-order valence-corrected chi connectivity index (χ3v) is 6.78. The Morgan fingerprint density at radius 2 is 1.54 bits per heavy atom. The van der Waals surface area contributed by atoms with Gasteiger partial charge in [0.05, 0.1) is 19.9 Å². The van der Waals surface area contributed by atoms with Crippen LogP contribution in [0, 0.1) is 0 Å². The van der Waals surface area contributed by atoms with Crippen molar-refractivity contribution < 1.29 is 19.1 Å². The summed E-state index contributed by atoms with van der Waals surface area (Å²) in [5.74, 6) is 0.163. The second kappa shape index (κ2) is 11.3. The number of nitrogens with one attached hydrogen (secondary N) is 2. The Kier molecular flexibility index (Phi) is 7.89. The van der Waals surface area contributed by atoms with Gasteiger partial charge in [0.15, 0.2) is 16.6 Å². The number of benzene rings is 3. The Bertz CT molecular complexity index is 1390. The lowest BCUT2D eigenvalue weighted by Gasteiger charge is -2.24. The molecule has 0 atom stereocenters. The highest BCUT2D eigenvalue weighted by molar-refractivity contribution is 7.16. The zero-order valence-electron chi connectivity index (χ0n) is 21.2. The molecular weight excluding hydrogens is 486 g/mol. The number of carbonyl (C=O) groups excluding carboxylic acids is 2. The molecule has 0 aliphatic heterocycles. The van der Waals surface area contributed by atoms with E-state index in [1.54, 1.807) is 32.0 Å². The van der Waals surface area contributed by atoms with Crippen LogP contribution >= 0.6 is 11.3 Å². The van der Waals surface area contributed by atoms with Gasteiger partial charge >= 0.3 is 0 Å². The van der Waals surface area contributed by atoms with Crippen LogP contribution in [0.25, 0.3) is 11.3 Å². The lowest BCUT2D eigenvalue weighted by atomic mass is 10.0. The highest BCUT2D eigenvalue weighted by atomic mass is 32.1. The van der Waals surface area contributed by atoms with Gasteiger partial charge in [-0.3, -0.25) is 14.9 Å². The molecule has 1 heterocycles. The van der Waals surface area contributed by atoms with E-state index in [2.05, 4.69) is 22.8 Å². The standard InChI is InChI=1S/C29H29N3O4S/c1-29(2,32-26(33)21-15-16-22(35-3)23(18-21)36-4)27(34)31-28-30-25(20-13-9-6-10-14-20)24(37-28)17-19-11-7-5-8-12-19/h5-16,18H,17H2,1-4H3,(H,32,33)(H,30,31,34). The van der Waals surface area contributed by atoms with E-state index < -0.39 is 11.4 Å². The SMILES string of the molecule is COc1ccc(C(=O)NC(C)(C)C(=O)Nc2nc(-c3ccccc3)c(Cc3ccccc3)s2)cc1OC. The number of thiazole rings is 1. The molecule has 0 fully saturated rings. The van der Waals surface area contributed by atoms with E-state index in [0.29, 0.717) is 28.6 Å². The van der Waals surface area contributed by atoms with Crippen molar-refractivity contribution in [3.8, 4) is 22.8 Å². The number of hydrogen-bond acceptors (Lipinski definition) is 6. The monoisotopic (exact) mass is 515 g/mol. The maximum atomic E-state index is 13.2. The molecule has 8 heteroatoms. The van der Waals surface area contributed by atoms with Crippen LogP contribution in [0.3, 0.4) is 0 Å². The molecule has 0 saturated heterocycles. The Hall–Kier alpha value is -4.17. The summed E-state index contributed by atoms with van der Waals surface area (Å²) in [6, 6.07) is 24.9. The van der Waals surface area contributed by atoms with Gasteiger partial charge < -0.3 is 14.8 Å². The maximum absolute atomic E-state index is 13.2. The molecule has 0 radical (unpaired) electrons. The number of aromatic nitrogens is 1. The topological polar surface area (TPSA) is 89.5 Å². The number of nitrogens with zero attached hydrogens (tertiary/aromatic N) is 1. The molecule has 7 nitrogen and oxygen atoms in total. The van der Waals surface area contributed by atoms with Crippen molar-refractivity contribution in [2.45, 2.75) is 25.8 Å². The van der Waals surface area contributed by atoms with Crippen LogP contribution in [0.1, 0.15) is 34.6 Å². The highest BCUT2D eigenvalue weighted by Crippen LogP contribution is 2.33. The number of anilines is 1. The fourth-order valence-corrected chi connectivity index (χ4v) is 4.78. The van der Waals surface area contributed by atoms with Gasteiger partial charge in [-0.2, -0.15) is 0 Å². The third-order valence-electron chi connectivity index (χ3n) is 5.81. The van der Waals surface area contributed by atoms with Crippen LogP contribution in [0.15, 0.2) is 78.9 Å². The van der Waals surface area contributed by atoms with Gasteiger partial charge in [0.2, 0.25) is 0 Å². The molecule has 37 heavy (non-hydrogen) atoms. The number of hydrogen-bond donors (Lipinski definition) is 2. The number of methoxy groups -OCH3 is 2. The number of amides is 2. The molecule has 0 saturated carbocycles. The maximum Gasteiger partial charge on any atom is 0.252 e. The van der Waals surface area contributed by atoms with Crippen LogP contribution in [0.5, 0.6) is 11.5 Å². The second-order valence-electron chi connectivity index (χ2n) is 8.92. The quantitative estimate of drug-likeness (QED) is 0.304. The molecule has 190 valence electrons. The van der Waals surface area contributed by atoms with Gasteiger partial charge in [0, 0.05) is 22.4 Å². The summed E-state index contributed by atoms with van der Waals surface area (Å²) in [4.78, 5) is 32.0. The van der Waals surface area contributed by atoms with Crippen molar-refractivity contribution in [2.24, 2.45) is 0 Å². The summed E-state index contributed by atoms with van der Waals surface area (Å²) >= 11 is 1.43. The van der Waals surface area contributed by atoms with Crippen LogP contribution in [-0.2, 0) is 11.2 Å². The highest BCUT2D eigenvalue weighted by Gasteiger charge is 2.31. The lowest BCUT2D eigenvalue weighted by molar-refractivity contribution is -0.120. The first-order valence-electron chi connectivity index (χ1n) is 11.8. The van der Waals surface area contributed by atoms with Gasteiger partial charge in [0.1, 0.15) is 5.54 Å². The van der Waals surface area contributed by atoms with Gasteiger partial charge in [-0.15, -0.1) is 11.3 Å². The first kappa shape index (κ1) is 25.9. The Morgan fingerprint density at radius 3 is 2.19 bits per heavy atom. The third kappa shape index (κ3) is 6.16. The fraction of sp³-hybridized carbons (Fsp3) is 0.207. The Morgan fingerprint density at radius 1 is 0.892 bits per heavy atom. The summed E-state index contributed by atoms with van der Waals surface area (Å²) in [5, 5.41) is 6.18. The average Bonchev–Trinajstić information content (AvgIpc) is 3.30. The molecule has 2 N–H and O–H groups in total. The smallest absolute Gasteiger partial charge is 0.252 e. The summed E-state index contributed by atoms with van der Waals surface area (Å²) in [6.45, 7) is 3.30. The minimum Gasteiger partial charge on any atom is -0.493 e. The first-order valence-corrected chi connectivity index (χ1v) is 12.6. The van der Waals surface area contributed by atoms with E-state index in [-0.39, 0.29) is 5.91 Å². The van der Waals surface area contributed by atoms with Gasteiger partial charge in [-0.1, -0.05) is 60.7 Å². The van der Waals surface area contributed by atoms with E-state index in [9.17, 15) is 9.59 Å². The van der Waals surface area contributed by atoms with Crippen molar-refractivity contribution in [1.82, 2.24) is 10.3 Å². The summed E-state index contributed by atoms with van der Waals surface area (Å²) in [5.41, 5.74) is 2.11. The molecule has 4 rings (SSSR count). The normalized spacial score (nSPS) is 11.0. The summed E-state index contributed by atoms with van der Waals surface area (Å²) in [7, 11) is 3.03. The first-order chi connectivity index (χ1) is 17.8. The van der Waals surface area contributed by atoms with Crippen LogP contribution in [0.2, 0.25) is 0 Å². The lowest BCUT2D eigenvalue weighted by Crippen LogP contribution is -2.52. The van der Waals surface area contributed by atoms with E-state index in [1.165, 1.54) is 25.6 Å². The molecule has 0 bridgehead atoms. The van der Waals surface area contributed by atoms with E-state index in [4.69, 9.17) is 14.5 Å². The molecule has 1 aromatic heterocycles. The van der Waals surface area contributed by atoms with Crippen molar-refractivity contribution in [2.75, 3.05) is 19.5 Å². The molecule has 0 unspecified atom stereocenters. The number of rotatable bonds is 9. The van der Waals surface area contributed by atoms with Crippen molar-refractivity contribution in [3.05, 3.63) is 94.9 Å². The van der Waals surface area contributed by atoms with Crippen molar-refractivity contribution in [3.63, 3.8) is 0 Å². The number of carbonyl (C=O) groups is 2. The van der Waals surface area contributed by atoms with Crippen molar-refractivity contribution in [1.29, 1.82) is 0 Å². The minimum atomic E-state index is -1.21. The Labute approximate surface area is 220 Å². The molecule has 4 aromatic rings. The van der Waals surface area contributed by atoms with Crippen LogP contribution < -0.4 is 20.1 Å². The minimum absolute atomic E-state index is 0.351. The van der Waals surface area contributed by atoms with Crippen LogP contribution in [-0.4, -0.2) is 36.6 Å². The fourth-order valence-electron chi connectivity index (χ4n) is 3.77. The number of ether oxygens (including phenoxy) is 2. The van der Waals surface area contributed by atoms with Gasteiger partial charge in [0.25, 0.3) is 11.8 Å². The summed E-state index contributed by atoms with van der Waals surface area (Å²) < 4.78 is 10.5. The molecule has 2 amide bonds. The van der Waals surface area contributed by atoms with E-state index >= 15 is 0 Å². The Balaban J connectivity index is 1.53. The molecular formula is C29H29N3O4S. The second-order valence-corrected chi connectivity index (χ2v) is 10.0. The molecule has 0 aliphatic carbocycles. The van der Waals surface area contributed by atoms with Crippen LogP contribution in [0.4, 0.5) is 5.13 Å². The molecule has 0 aliphatic rings. The summed E-state index contributed by atoms with van der Waals surface area (Å²) in [6.07, 6.45) is 0.692. The van der Waals surface area contributed by atoms with Gasteiger partial charge in [-0.05, 0) is 37.6 Å². The zero-order chi connectivity index (χ0) is 26.4. The van der Waals surface area contributed by atoms with Gasteiger partial charge in [-0.25, -0.2) is 4.98 Å². The zero-order valence-corrected chi connectivity index (χ0v) is 22.0. The molecule has 3 aromatic carbocycles. The predicted octanol–water partition coefficient (Wildman–Crippen LogP) is 5.57.